The van der Waals surface area contributed by atoms with Gasteiger partial charge in [0.1, 0.15) is 0 Å². The summed E-state index contributed by atoms with van der Waals surface area (Å²) >= 11 is 0. The molecule has 61 valence electrons. The molecular formula is C10H7BN2Na. The van der Waals surface area contributed by atoms with Crippen LogP contribution in [0.2, 0.25) is 0 Å². The molecule has 2 nitrogen and oxygen atoms in total. The number of para-hydroxylation sites is 1. The maximum Gasteiger partial charge on any atom is 1.00 e. The van der Waals surface area contributed by atoms with Crippen molar-refractivity contribution in [2.45, 2.75) is 0 Å². The van der Waals surface area contributed by atoms with Gasteiger partial charge in [0.2, 0.25) is 0 Å². The minimum atomic E-state index is 0. The van der Waals surface area contributed by atoms with Crippen molar-refractivity contribution in [3.8, 4) is 5.97 Å². The third kappa shape index (κ3) is 3.93. The minimum absolute atomic E-state index is 0. The molecule has 2 aromatic rings. The number of fused-ring (bicyclic) bond motifs is 1. The zero-order chi connectivity index (χ0) is 9.52. The van der Waals surface area contributed by atoms with E-state index in [2.05, 4.69) is 25.0 Å². The first kappa shape index (κ1) is 13.2. The summed E-state index contributed by atoms with van der Waals surface area (Å²) in [6, 6.07) is 12.1. The monoisotopic (exact) mass is 189 g/mol. The van der Waals surface area contributed by atoms with E-state index in [9.17, 15) is 0 Å². The number of nitrogens with zero attached hydrogens (tertiary/aromatic N) is 2. The van der Waals surface area contributed by atoms with E-state index in [1.807, 2.05) is 30.5 Å². The molecule has 2 rings (SSSR count). The van der Waals surface area contributed by atoms with E-state index in [-0.39, 0.29) is 29.6 Å². The smallest absolute Gasteiger partial charge is 0.466 e. The Morgan fingerprint density at radius 1 is 1.14 bits per heavy atom. The molecule has 0 saturated heterocycles. The van der Waals surface area contributed by atoms with Gasteiger partial charge < -0.3 is 7.85 Å². The number of rotatable bonds is 0. The van der Waals surface area contributed by atoms with Crippen molar-refractivity contribution in [3.05, 3.63) is 42.6 Å². The van der Waals surface area contributed by atoms with Crippen molar-refractivity contribution < 1.29 is 29.6 Å². The first-order valence-electron chi connectivity index (χ1n) is 3.78. The topological polar surface area (TPSA) is 36.7 Å². The maximum absolute atomic E-state index is 7.10. The summed E-state index contributed by atoms with van der Waals surface area (Å²) in [7, 11) is 4.15. The molecule has 1 aromatic heterocycles. The Hall–Kier alpha value is -0.815. The fraction of sp³-hybridized carbons (Fsp3) is 0. The van der Waals surface area contributed by atoms with Crippen LogP contribution in [0.25, 0.3) is 10.9 Å². The molecule has 1 heterocycles. The van der Waals surface area contributed by atoms with Crippen LogP contribution in [0.3, 0.4) is 0 Å². The van der Waals surface area contributed by atoms with Gasteiger partial charge in [-0.05, 0) is 12.1 Å². The van der Waals surface area contributed by atoms with Crippen LogP contribution in [-0.2, 0) is 0 Å². The molecule has 0 unspecified atom stereocenters. The molecule has 0 N–H and O–H groups in total. The minimum Gasteiger partial charge on any atom is -0.466 e. The predicted octanol–water partition coefficient (Wildman–Crippen LogP) is -1.13. The third-order valence-corrected chi connectivity index (χ3v) is 1.51. The van der Waals surface area contributed by atoms with Crippen molar-refractivity contribution in [3.63, 3.8) is 0 Å². The van der Waals surface area contributed by atoms with Gasteiger partial charge in [0, 0.05) is 11.6 Å². The van der Waals surface area contributed by atoms with Crippen LogP contribution in [0, 0.1) is 11.2 Å². The number of nitriles is 1. The van der Waals surface area contributed by atoms with Gasteiger partial charge in [-0.3, -0.25) is 16.2 Å². The summed E-state index contributed by atoms with van der Waals surface area (Å²) in [5.41, 5.74) is 1.06. The molecule has 0 bridgehead atoms. The third-order valence-electron chi connectivity index (χ3n) is 1.51. The van der Waals surface area contributed by atoms with E-state index in [4.69, 9.17) is 5.26 Å². The molecule has 0 aliphatic rings. The van der Waals surface area contributed by atoms with E-state index < -0.39 is 0 Å². The van der Waals surface area contributed by atoms with Gasteiger partial charge in [0.25, 0.3) is 0 Å². The molecule has 0 saturated carbocycles. The van der Waals surface area contributed by atoms with Crippen LogP contribution in [0.5, 0.6) is 0 Å². The average molecular weight is 189 g/mol. The summed E-state index contributed by atoms with van der Waals surface area (Å²) in [4.78, 5) is 4.18. The van der Waals surface area contributed by atoms with Gasteiger partial charge in [-0.1, -0.05) is 24.3 Å². The van der Waals surface area contributed by atoms with Gasteiger partial charge in [-0.25, -0.2) is 0 Å². The van der Waals surface area contributed by atoms with Crippen molar-refractivity contribution in [1.82, 2.24) is 4.98 Å². The first-order chi connectivity index (χ1) is 6.38. The van der Waals surface area contributed by atoms with Crippen LogP contribution < -0.4 is 29.6 Å². The number of aromatic nitrogens is 1. The number of hydrogen-bond acceptors (Lipinski definition) is 2. The van der Waals surface area contributed by atoms with Gasteiger partial charge in [0.05, 0.1) is 5.52 Å². The zero-order valence-electron chi connectivity index (χ0n) is 8.01. The number of pyridine rings is 1. The molecule has 0 atom stereocenters. The maximum atomic E-state index is 7.10. The summed E-state index contributed by atoms with van der Waals surface area (Å²) in [6.45, 7) is 0. The molecular weight excluding hydrogens is 182 g/mol. The summed E-state index contributed by atoms with van der Waals surface area (Å²) in [5, 5.41) is 8.30. The number of hydrogen-bond donors (Lipinski definition) is 0. The Morgan fingerprint density at radius 3 is 2.36 bits per heavy atom. The van der Waals surface area contributed by atoms with Gasteiger partial charge in [-0.2, -0.15) is 0 Å². The molecule has 14 heavy (non-hydrogen) atoms. The Kier molecular flexibility index (Phi) is 7.13. The summed E-state index contributed by atoms with van der Waals surface area (Å²) in [6.07, 6.45) is 1.81. The largest absolute Gasteiger partial charge is 1.00 e. The van der Waals surface area contributed by atoms with Crippen LogP contribution in [0.15, 0.2) is 42.6 Å². The van der Waals surface area contributed by atoms with Gasteiger partial charge >= 0.3 is 29.6 Å². The fourth-order valence-corrected chi connectivity index (χ4v) is 1.02. The van der Waals surface area contributed by atoms with E-state index in [1.165, 1.54) is 11.4 Å². The van der Waals surface area contributed by atoms with Crippen molar-refractivity contribution in [2.24, 2.45) is 0 Å². The molecule has 0 aliphatic heterocycles. The molecule has 0 fully saturated rings. The molecule has 3 radical (unpaired) electrons. The first-order valence-corrected chi connectivity index (χ1v) is 3.78. The normalized spacial score (nSPS) is 7.71. The fourth-order valence-electron chi connectivity index (χ4n) is 1.02. The Bertz CT molecular complexity index is 360. The second kappa shape index (κ2) is 7.58. The van der Waals surface area contributed by atoms with Gasteiger partial charge in [0.15, 0.2) is 0 Å². The van der Waals surface area contributed by atoms with Crippen LogP contribution >= 0.6 is 0 Å². The molecule has 0 amide bonds. The zero-order valence-corrected chi connectivity index (χ0v) is 10.0. The molecule has 0 aliphatic carbocycles. The number of benzene rings is 1. The van der Waals surface area contributed by atoms with E-state index in [0.717, 1.165) is 5.52 Å². The van der Waals surface area contributed by atoms with Crippen molar-refractivity contribution in [2.75, 3.05) is 0 Å². The Labute approximate surface area is 107 Å². The Balaban J connectivity index is 0.000000381. The molecule has 0 spiro atoms. The SMILES string of the molecule is [B-]C#N.[Na+].c1ccc2ncccc2c1. The van der Waals surface area contributed by atoms with Crippen LogP contribution in [0.4, 0.5) is 0 Å². The summed E-state index contributed by atoms with van der Waals surface area (Å²) in [5.74, 6) is 1.25. The predicted molar refractivity (Wildman–Crippen MR) is 53.1 cm³/mol. The molecule has 1 aromatic carbocycles. The van der Waals surface area contributed by atoms with E-state index in [0.29, 0.717) is 0 Å². The van der Waals surface area contributed by atoms with Crippen LogP contribution in [0.1, 0.15) is 0 Å². The van der Waals surface area contributed by atoms with E-state index in [1.54, 1.807) is 0 Å². The summed E-state index contributed by atoms with van der Waals surface area (Å²) < 4.78 is 0. The average Bonchev–Trinajstić information content (AvgIpc) is 2.19. The van der Waals surface area contributed by atoms with E-state index >= 15 is 0 Å². The quantitative estimate of drug-likeness (QED) is 0.492. The van der Waals surface area contributed by atoms with Crippen molar-refractivity contribution in [1.29, 1.82) is 5.26 Å². The second-order valence-corrected chi connectivity index (χ2v) is 2.33. The van der Waals surface area contributed by atoms with Gasteiger partial charge in [-0.15, -0.1) is 0 Å². The van der Waals surface area contributed by atoms with Crippen LogP contribution in [-0.4, -0.2) is 12.8 Å². The molecule has 4 heteroatoms. The Morgan fingerprint density at radius 2 is 1.71 bits per heavy atom. The van der Waals surface area contributed by atoms with Crippen molar-refractivity contribution >= 4 is 18.7 Å². The standard InChI is InChI=1S/C9H7N.CBN.Na/c1-2-6-9-8(4-1)5-3-7-10-9;2-1-3;/h1-7H;;/q;-1;+1. The second-order valence-electron chi connectivity index (χ2n) is 2.33.